The van der Waals surface area contributed by atoms with E-state index in [9.17, 15) is 4.79 Å². The Labute approximate surface area is 194 Å². The summed E-state index contributed by atoms with van der Waals surface area (Å²) < 4.78 is 5.79. The van der Waals surface area contributed by atoms with Gasteiger partial charge in [0.1, 0.15) is 5.52 Å². The number of hydrogen-bond acceptors (Lipinski definition) is 4. The fourth-order valence-electron chi connectivity index (χ4n) is 3.48. The van der Waals surface area contributed by atoms with Gasteiger partial charge in [0.15, 0.2) is 10.7 Å². The van der Waals surface area contributed by atoms with E-state index < -0.39 is 0 Å². The number of nitrogens with one attached hydrogen (secondary N) is 2. The molecule has 0 saturated carbocycles. The van der Waals surface area contributed by atoms with Crippen molar-refractivity contribution in [3.8, 4) is 11.5 Å². The molecule has 0 fully saturated rings. The molecule has 1 aromatic heterocycles. The van der Waals surface area contributed by atoms with Crippen LogP contribution in [-0.2, 0) is 0 Å². The Bertz CT molecular complexity index is 1470. The standard InChI is InChI=1S/C25H16ClN3O2S/c26-17-10-13-22-21(14-17)28-24(31-22)16-8-11-18(12-9-16)27-25(32)29-23(30)20-7-3-5-15-4-1-2-6-19(15)20/h1-14H,(H2,27,29,30,32). The van der Waals surface area contributed by atoms with E-state index in [-0.39, 0.29) is 11.0 Å². The molecule has 1 amide bonds. The molecule has 0 radical (unpaired) electrons. The highest BCUT2D eigenvalue weighted by molar-refractivity contribution is 7.80. The summed E-state index contributed by atoms with van der Waals surface area (Å²) in [5.41, 5.74) is 3.49. The van der Waals surface area contributed by atoms with Gasteiger partial charge in [-0.2, -0.15) is 0 Å². The molecule has 0 spiro atoms. The van der Waals surface area contributed by atoms with Gasteiger partial charge in [-0.25, -0.2) is 4.98 Å². The van der Waals surface area contributed by atoms with E-state index in [1.807, 2.05) is 60.7 Å². The summed E-state index contributed by atoms with van der Waals surface area (Å²) in [5, 5.41) is 8.47. The van der Waals surface area contributed by atoms with Crippen LogP contribution in [0.5, 0.6) is 0 Å². The van der Waals surface area contributed by atoms with Gasteiger partial charge in [-0.15, -0.1) is 0 Å². The summed E-state index contributed by atoms with van der Waals surface area (Å²) in [5.74, 6) is 0.238. The van der Waals surface area contributed by atoms with Gasteiger partial charge < -0.3 is 9.73 Å². The zero-order valence-electron chi connectivity index (χ0n) is 16.6. The van der Waals surface area contributed by atoms with Gasteiger partial charge in [-0.3, -0.25) is 10.1 Å². The minimum atomic E-state index is -0.263. The van der Waals surface area contributed by atoms with Gasteiger partial charge in [0.2, 0.25) is 5.89 Å². The molecule has 7 heteroatoms. The van der Waals surface area contributed by atoms with E-state index >= 15 is 0 Å². The Morgan fingerprint density at radius 1 is 0.938 bits per heavy atom. The van der Waals surface area contributed by atoms with Crippen molar-refractivity contribution in [2.45, 2.75) is 0 Å². The SMILES string of the molecule is O=C(NC(=S)Nc1ccc(-c2nc3cc(Cl)ccc3o2)cc1)c1cccc2ccccc12. The second-order valence-corrected chi connectivity index (χ2v) is 7.99. The number of carbonyl (C=O) groups excluding carboxylic acids is 1. The monoisotopic (exact) mass is 457 g/mol. The van der Waals surface area contributed by atoms with Crippen LogP contribution in [0.15, 0.2) is 89.3 Å². The highest BCUT2D eigenvalue weighted by Gasteiger charge is 2.12. The van der Waals surface area contributed by atoms with Crippen LogP contribution < -0.4 is 10.6 Å². The molecule has 0 saturated heterocycles. The minimum absolute atomic E-state index is 0.215. The van der Waals surface area contributed by atoms with Crippen molar-refractivity contribution in [3.05, 3.63) is 95.5 Å². The number of anilines is 1. The van der Waals surface area contributed by atoms with Crippen LogP contribution in [0.25, 0.3) is 33.3 Å². The molecule has 0 bridgehead atoms. The van der Waals surface area contributed by atoms with Crippen LogP contribution in [0, 0.1) is 0 Å². The average molecular weight is 458 g/mol. The van der Waals surface area contributed by atoms with Crippen molar-refractivity contribution in [2.24, 2.45) is 0 Å². The first-order valence-corrected chi connectivity index (χ1v) is 10.6. The van der Waals surface area contributed by atoms with Crippen LogP contribution in [0.3, 0.4) is 0 Å². The zero-order valence-corrected chi connectivity index (χ0v) is 18.2. The van der Waals surface area contributed by atoms with Crippen LogP contribution in [0.4, 0.5) is 5.69 Å². The Hall–Kier alpha value is -3.74. The number of amides is 1. The Morgan fingerprint density at radius 3 is 2.56 bits per heavy atom. The molecule has 0 atom stereocenters. The summed E-state index contributed by atoms with van der Waals surface area (Å²) in [7, 11) is 0. The van der Waals surface area contributed by atoms with Gasteiger partial charge in [0, 0.05) is 21.8 Å². The van der Waals surface area contributed by atoms with E-state index in [1.54, 1.807) is 24.3 Å². The lowest BCUT2D eigenvalue weighted by Gasteiger charge is -2.11. The molecular formula is C25H16ClN3O2S. The number of hydrogen-bond donors (Lipinski definition) is 2. The van der Waals surface area contributed by atoms with Crippen LogP contribution in [0.2, 0.25) is 5.02 Å². The fraction of sp³-hybridized carbons (Fsp3) is 0. The van der Waals surface area contributed by atoms with E-state index in [2.05, 4.69) is 15.6 Å². The maximum atomic E-state index is 12.7. The molecule has 0 unspecified atom stereocenters. The van der Waals surface area contributed by atoms with Crippen LogP contribution in [0.1, 0.15) is 10.4 Å². The Balaban J connectivity index is 1.28. The van der Waals surface area contributed by atoms with Crippen LogP contribution in [-0.4, -0.2) is 16.0 Å². The van der Waals surface area contributed by atoms with E-state index in [4.69, 9.17) is 28.2 Å². The number of rotatable bonds is 3. The third-order valence-corrected chi connectivity index (χ3v) is 5.44. The summed E-state index contributed by atoms with van der Waals surface area (Å²) in [6.45, 7) is 0. The maximum Gasteiger partial charge on any atom is 0.258 e. The van der Waals surface area contributed by atoms with Gasteiger partial charge in [0.25, 0.3) is 5.91 Å². The molecule has 32 heavy (non-hydrogen) atoms. The second kappa shape index (κ2) is 8.42. The first kappa shape index (κ1) is 20.2. The van der Waals surface area contributed by atoms with Crippen molar-refractivity contribution in [3.63, 3.8) is 0 Å². The van der Waals surface area contributed by atoms with E-state index in [0.717, 1.165) is 22.0 Å². The molecular weight excluding hydrogens is 442 g/mol. The fourth-order valence-corrected chi connectivity index (χ4v) is 3.85. The lowest BCUT2D eigenvalue weighted by atomic mass is 10.0. The van der Waals surface area contributed by atoms with Crippen molar-refractivity contribution < 1.29 is 9.21 Å². The van der Waals surface area contributed by atoms with Crippen molar-refractivity contribution in [1.29, 1.82) is 0 Å². The summed E-state index contributed by atoms with van der Waals surface area (Å²) >= 11 is 11.3. The second-order valence-electron chi connectivity index (χ2n) is 7.14. The summed E-state index contributed by atoms with van der Waals surface area (Å²) in [4.78, 5) is 17.2. The third-order valence-electron chi connectivity index (χ3n) is 5.00. The van der Waals surface area contributed by atoms with Gasteiger partial charge >= 0.3 is 0 Å². The summed E-state index contributed by atoms with van der Waals surface area (Å²) in [6.07, 6.45) is 0. The molecule has 5 rings (SSSR count). The largest absolute Gasteiger partial charge is 0.436 e. The normalized spacial score (nSPS) is 10.9. The Morgan fingerprint density at radius 2 is 1.72 bits per heavy atom. The lowest BCUT2D eigenvalue weighted by molar-refractivity contribution is 0.0979. The predicted octanol–water partition coefficient (Wildman–Crippen LogP) is 6.43. The Kier molecular flexibility index (Phi) is 5.31. The molecule has 2 N–H and O–H groups in total. The van der Waals surface area contributed by atoms with Crippen molar-refractivity contribution >= 4 is 62.4 Å². The van der Waals surface area contributed by atoms with Gasteiger partial charge in [-0.05, 0) is 71.5 Å². The van der Waals surface area contributed by atoms with E-state index in [1.165, 1.54) is 0 Å². The molecule has 1 heterocycles. The number of fused-ring (bicyclic) bond motifs is 2. The molecule has 0 aliphatic rings. The third kappa shape index (κ3) is 4.06. The van der Waals surface area contributed by atoms with Gasteiger partial charge in [0.05, 0.1) is 0 Å². The minimum Gasteiger partial charge on any atom is -0.436 e. The summed E-state index contributed by atoms with van der Waals surface area (Å²) in [6, 6.07) is 26.1. The number of nitrogens with zero attached hydrogens (tertiary/aromatic N) is 1. The van der Waals surface area contributed by atoms with Crippen LogP contribution >= 0.6 is 23.8 Å². The zero-order chi connectivity index (χ0) is 22.1. The first-order chi connectivity index (χ1) is 15.6. The molecule has 0 aliphatic carbocycles. The number of thiocarbonyl (C=S) groups is 1. The highest BCUT2D eigenvalue weighted by Crippen LogP contribution is 2.27. The lowest BCUT2D eigenvalue weighted by Crippen LogP contribution is -2.34. The molecule has 4 aromatic carbocycles. The molecule has 156 valence electrons. The van der Waals surface area contributed by atoms with Crippen molar-refractivity contribution in [2.75, 3.05) is 5.32 Å². The average Bonchev–Trinajstić information content (AvgIpc) is 3.22. The molecule has 0 aliphatic heterocycles. The number of halogens is 1. The predicted molar refractivity (Wildman–Crippen MR) is 132 cm³/mol. The number of carbonyl (C=O) groups is 1. The molecule has 5 nitrogen and oxygen atoms in total. The number of benzene rings is 4. The first-order valence-electron chi connectivity index (χ1n) is 9.83. The van der Waals surface area contributed by atoms with Crippen molar-refractivity contribution in [1.82, 2.24) is 10.3 Å². The van der Waals surface area contributed by atoms with Gasteiger partial charge in [-0.1, -0.05) is 48.0 Å². The molecule has 5 aromatic rings. The smallest absolute Gasteiger partial charge is 0.258 e. The number of oxazole rings is 1. The maximum absolute atomic E-state index is 12.7. The van der Waals surface area contributed by atoms with E-state index in [0.29, 0.717) is 27.6 Å². The quantitative estimate of drug-likeness (QED) is 0.306. The highest BCUT2D eigenvalue weighted by atomic mass is 35.5. The number of aromatic nitrogens is 1. The topological polar surface area (TPSA) is 67.2 Å².